The van der Waals surface area contributed by atoms with Gasteiger partial charge < -0.3 is 10.6 Å². The Morgan fingerprint density at radius 1 is 0.422 bits per heavy atom. The molecule has 0 aromatic heterocycles. The van der Waals surface area contributed by atoms with Crippen LogP contribution < -0.4 is 10.6 Å². The van der Waals surface area contributed by atoms with E-state index in [1.807, 2.05) is 84.9 Å². The molecule has 7 aromatic carbocycles. The summed E-state index contributed by atoms with van der Waals surface area (Å²) in [5.74, 6) is -0.609. The Morgan fingerprint density at radius 3 is 1.09 bits per heavy atom. The maximum Gasteiger partial charge on any atom is 0.261 e. The van der Waals surface area contributed by atoms with Gasteiger partial charge in [-0.15, -0.1) is 0 Å². The van der Waals surface area contributed by atoms with Crippen molar-refractivity contribution in [2.75, 3.05) is 26.2 Å². The molecule has 0 radical (unpaired) electrons. The Labute approximate surface area is 370 Å². The Bertz CT molecular complexity index is 2750. The number of nitrogens with one attached hydrogen (secondary N) is 2. The van der Waals surface area contributed by atoms with Crippen molar-refractivity contribution in [2.24, 2.45) is 23.7 Å². The van der Waals surface area contributed by atoms with Gasteiger partial charge in [-0.1, -0.05) is 73.5 Å². The van der Waals surface area contributed by atoms with Gasteiger partial charge in [0.05, 0.1) is 0 Å². The number of fused-ring (bicyclic) bond motifs is 2. The van der Waals surface area contributed by atoms with Crippen LogP contribution in [-0.2, 0) is 0 Å². The van der Waals surface area contributed by atoms with Crippen molar-refractivity contribution in [1.82, 2.24) is 20.4 Å². The summed E-state index contributed by atoms with van der Waals surface area (Å²) in [4.78, 5) is 85.8. The molecule has 6 amide bonds. The smallest absolute Gasteiger partial charge is 0.261 e. The summed E-state index contributed by atoms with van der Waals surface area (Å²) in [6.45, 7) is 1.76. The Morgan fingerprint density at radius 2 is 0.750 bits per heavy atom. The highest BCUT2D eigenvalue weighted by Crippen LogP contribution is 2.47. The molecule has 2 aliphatic heterocycles. The Kier molecular flexibility index (Phi) is 9.97. The van der Waals surface area contributed by atoms with Gasteiger partial charge in [0.15, 0.2) is 0 Å². The maximum absolute atomic E-state index is 14.4. The highest BCUT2D eigenvalue weighted by Gasteiger charge is 2.39. The van der Waals surface area contributed by atoms with E-state index in [0.29, 0.717) is 70.3 Å². The summed E-state index contributed by atoms with van der Waals surface area (Å²) in [7, 11) is 0. The third-order valence-electron chi connectivity index (χ3n) is 14.6. The topological polar surface area (TPSA) is 133 Å². The van der Waals surface area contributed by atoms with Crippen molar-refractivity contribution in [1.29, 1.82) is 0 Å². The molecule has 11 rings (SSSR count). The standard InChI is InChI=1S/C54H48N4O6/c59-49(35-13-3-1-4-14-35)55-27-31-9-7-11-33(25-31)29-57-51(61)41-21-17-37-39-19-23-43-48-44(24-20-40(46(39)48)38-18-22-42(52(57)62)47(41)45(37)38)54(64)58(53(43)63)30-34-12-8-10-32(26-34)28-56-50(60)36-15-5-2-6-16-36/h1-6,13-24,31-34H,7-12,25-30H2,(H,55,59)(H,56,60). The maximum atomic E-state index is 14.4. The minimum Gasteiger partial charge on any atom is -0.352 e. The van der Waals surface area contributed by atoms with Gasteiger partial charge >= 0.3 is 0 Å². The molecule has 10 heteroatoms. The first-order valence-corrected chi connectivity index (χ1v) is 22.8. The van der Waals surface area contributed by atoms with Gasteiger partial charge in [0, 0.05) is 70.3 Å². The molecule has 4 atom stereocenters. The molecule has 0 bridgehead atoms. The predicted octanol–water partition coefficient (Wildman–Crippen LogP) is 9.40. The average Bonchev–Trinajstić information content (AvgIpc) is 3.33. The predicted molar refractivity (Wildman–Crippen MR) is 247 cm³/mol. The zero-order valence-electron chi connectivity index (χ0n) is 35.5. The van der Waals surface area contributed by atoms with Gasteiger partial charge in [0.2, 0.25) is 0 Å². The molecule has 2 heterocycles. The molecule has 2 N–H and O–H groups in total. The minimum atomic E-state index is -0.297. The third-order valence-corrected chi connectivity index (χ3v) is 14.6. The van der Waals surface area contributed by atoms with Crippen LogP contribution in [0.15, 0.2) is 109 Å². The highest BCUT2D eigenvalue weighted by atomic mass is 16.2. The molecular formula is C54H48N4O6. The lowest BCUT2D eigenvalue weighted by molar-refractivity contribution is 0.0547. The molecule has 7 aromatic rings. The van der Waals surface area contributed by atoms with E-state index in [9.17, 15) is 28.8 Å². The number of hydrogen-bond donors (Lipinski definition) is 2. The molecule has 0 saturated heterocycles. The van der Waals surface area contributed by atoms with Crippen molar-refractivity contribution in [3.63, 3.8) is 0 Å². The fourth-order valence-electron chi connectivity index (χ4n) is 11.6. The second-order valence-corrected chi connectivity index (χ2v) is 18.5. The molecule has 4 unspecified atom stereocenters. The van der Waals surface area contributed by atoms with Crippen LogP contribution in [0.4, 0.5) is 0 Å². The second kappa shape index (κ2) is 16.0. The van der Waals surface area contributed by atoms with E-state index in [4.69, 9.17) is 0 Å². The summed E-state index contributed by atoms with van der Waals surface area (Å²) < 4.78 is 0. The monoisotopic (exact) mass is 848 g/mol. The lowest BCUT2D eigenvalue weighted by atomic mass is 9.79. The van der Waals surface area contributed by atoms with Gasteiger partial charge in [0.25, 0.3) is 35.4 Å². The number of carbonyl (C=O) groups is 6. The third kappa shape index (κ3) is 6.69. The zero-order valence-corrected chi connectivity index (χ0v) is 35.5. The van der Waals surface area contributed by atoms with Crippen molar-refractivity contribution in [3.8, 4) is 0 Å². The summed E-state index contributed by atoms with van der Waals surface area (Å²) in [6, 6.07) is 33.5. The van der Waals surface area contributed by atoms with Crippen LogP contribution in [0.5, 0.6) is 0 Å². The first-order valence-electron chi connectivity index (χ1n) is 22.8. The van der Waals surface area contributed by atoms with Gasteiger partial charge in [-0.2, -0.15) is 0 Å². The van der Waals surface area contributed by atoms with E-state index in [0.717, 1.165) is 83.7 Å². The molecule has 2 saturated carbocycles. The van der Waals surface area contributed by atoms with E-state index in [1.54, 1.807) is 24.3 Å². The molecule has 64 heavy (non-hydrogen) atoms. The van der Waals surface area contributed by atoms with Gasteiger partial charge in [-0.3, -0.25) is 38.6 Å². The van der Waals surface area contributed by atoms with E-state index >= 15 is 0 Å². The molecule has 10 nitrogen and oxygen atoms in total. The lowest BCUT2D eigenvalue weighted by Gasteiger charge is -2.35. The van der Waals surface area contributed by atoms with E-state index in [-0.39, 0.29) is 59.1 Å². The van der Waals surface area contributed by atoms with Crippen LogP contribution in [0.1, 0.15) is 114 Å². The number of imide groups is 2. The fourth-order valence-corrected chi connectivity index (χ4v) is 11.6. The molecular weight excluding hydrogens is 801 g/mol. The SMILES string of the molecule is O=C(NCC1CCCC(CN2C(=O)c3ccc4c5ccc6c7c(ccc(c8ccc(c3c48)C2=O)c75)C(=O)N(CC2CCCC(CNC(=O)c3ccccc3)C2)C6=O)C1)c1ccccc1. The van der Waals surface area contributed by atoms with Crippen molar-refractivity contribution < 1.29 is 28.8 Å². The summed E-state index contributed by atoms with van der Waals surface area (Å²) in [5.41, 5.74) is 3.24. The second-order valence-electron chi connectivity index (χ2n) is 18.5. The van der Waals surface area contributed by atoms with Crippen LogP contribution in [0, 0.1) is 23.7 Å². The first-order chi connectivity index (χ1) is 31.2. The molecule has 2 fully saturated rings. The fraction of sp³-hybridized carbons (Fsp3) is 0.296. The molecule has 2 aliphatic carbocycles. The number of rotatable bonds is 10. The minimum absolute atomic E-state index is 0.0960. The lowest BCUT2D eigenvalue weighted by Crippen LogP contribution is -2.44. The first kappa shape index (κ1) is 39.9. The highest BCUT2D eigenvalue weighted by molar-refractivity contribution is 6.41. The summed E-state index contributed by atoms with van der Waals surface area (Å²) in [5, 5.41) is 12.6. The largest absolute Gasteiger partial charge is 0.352 e. The van der Waals surface area contributed by atoms with Crippen molar-refractivity contribution in [2.45, 2.75) is 51.4 Å². The number of carbonyl (C=O) groups excluding carboxylic acids is 6. The van der Waals surface area contributed by atoms with Gasteiger partial charge in [-0.25, -0.2) is 0 Å². The summed E-state index contributed by atoms with van der Waals surface area (Å²) >= 11 is 0. The van der Waals surface area contributed by atoms with E-state index in [2.05, 4.69) is 10.6 Å². The quantitative estimate of drug-likeness (QED) is 0.0801. The van der Waals surface area contributed by atoms with Crippen molar-refractivity contribution >= 4 is 78.5 Å². The summed E-state index contributed by atoms with van der Waals surface area (Å²) in [6.07, 6.45) is 7.35. The molecule has 4 aliphatic rings. The van der Waals surface area contributed by atoms with Gasteiger partial charge in [-0.05, 0) is 143 Å². The van der Waals surface area contributed by atoms with E-state index in [1.165, 1.54) is 9.80 Å². The number of benzene rings is 7. The Balaban J connectivity index is 0.842. The van der Waals surface area contributed by atoms with Crippen LogP contribution in [0.3, 0.4) is 0 Å². The number of nitrogens with zero attached hydrogens (tertiary/aromatic N) is 2. The van der Waals surface area contributed by atoms with Gasteiger partial charge in [0.1, 0.15) is 0 Å². The zero-order chi connectivity index (χ0) is 43.6. The Hall–Kier alpha value is -6.94. The molecule has 320 valence electrons. The molecule has 0 spiro atoms. The number of hydrogen-bond acceptors (Lipinski definition) is 6. The van der Waals surface area contributed by atoms with Crippen LogP contribution in [0.25, 0.3) is 43.1 Å². The van der Waals surface area contributed by atoms with E-state index < -0.39 is 0 Å². The van der Waals surface area contributed by atoms with Crippen LogP contribution in [0.2, 0.25) is 0 Å². The normalized spacial score (nSPS) is 21.1. The van der Waals surface area contributed by atoms with Crippen molar-refractivity contribution in [3.05, 3.63) is 143 Å². The van der Waals surface area contributed by atoms with Crippen LogP contribution in [-0.4, -0.2) is 71.4 Å². The average molecular weight is 849 g/mol. The van der Waals surface area contributed by atoms with Crippen LogP contribution >= 0.6 is 0 Å². The number of amides is 6.